The van der Waals surface area contributed by atoms with E-state index in [1.807, 2.05) is 0 Å². The van der Waals surface area contributed by atoms with Crippen LogP contribution in [-0.4, -0.2) is 14.3 Å². The number of amides is 1. The molecule has 0 radical (unpaired) electrons. The van der Waals surface area contributed by atoms with Gasteiger partial charge in [-0.05, 0) is 72.8 Å². The quantitative estimate of drug-likeness (QED) is 0.655. The van der Waals surface area contributed by atoms with Gasteiger partial charge in [-0.2, -0.15) is 0 Å². The van der Waals surface area contributed by atoms with Crippen molar-refractivity contribution < 1.29 is 17.6 Å². The lowest BCUT2D eigenvalue weighted by Gasteiger charge is -2.09. The molecule has 0 bridgehead atoms. The Kier molecular flexibility index (Phi) is 5.43. The molecule has 0 saturated heterocycles. The summed E-state index contributed by atoms with van der Waals surface area (Å²) in [4.78, 5) is 12.2. The number of sulfonamides is 1. The number of anilines is 2. The smallest absolute Gasteiger partial charge is 0.261 e. The summed E-state index contributed by atoms with van der Waals surface area (Å²) in [5.41, 5.74) is 1.10. The maximum atomic E-state index is 12.9. The number of benzene rings is 3. The first-order valence-electron chi connectivity index (χ1n) is 7.79. The topological polar surface area (TPSA) is 75.3 Å². The second kappa shape index (κ2) is 7.77. The van der Waals surface area contributed by atoms with Crippen LogP contribution in [0.15, 0.2) is 77.7 Å². The van der Waals surface area contributed by atoms with Gasteiger partial charge < -0.3 is 5.32 Å². The fraction of sp³-hybridized carbons (Fsp3) is 0. The molecule has 3 aromatic carbocycles. The monoisotopic (exact) mass is 404 g/mol. The number of hydrogen-bond donors (Lipinski definition) is 2. The molecule has 0 fully saturated rings. The normalized spacial score (nSPS) is 11.0. The summed E-state index contributed by atoms with van der Waals surface area (Å²) >= 11 is 5.80. The molecule has 0 heterocycles. The maximum absolute atomic E-state index is 12.9. The highest BCUT2D eigenvalue weighted by Crippen LogP contribution is 2.18. The molecule has 0 atom stereocenters. The van der Waals surface area contributed by atoms with Crippen molar-refractivity contribution in [3.8, 4) is 0 Å². The number of hydrogen-bond acceptors (Lipinski definition) is 3. The van der Waals surface area contributed by atoms with E-state index in [-0.39, 0.29) is 16.5 Å². The Morgan fingerprint density at radius 2 is 1.37 bits per heavy atom. The Labute approximate surface area is 160 Å². The number of carbonyl (C=O) groups excluding carboxylic acids is 1. The van der Waals surface area contributed by atoms with Crippen LogP contribution in [-0.2, 0) is 10.0 Å². The van der Waals surface area contributed by atoms with Crippen molar-refractivity contribution in [2.45, 2.75) is 4.90 Å². The Bertz CT molecular complexity index is 1050. The zero-order chi connectivity index (χ0) is 19.4. The predicted molar refractivity (Wildman–Crippen MR) is 103 cm³/mol. The minimum atomic E-state index is -3.85. The van der Waals surface area contributed by atoms with Gasteiger partial charge >= 0.3 is 0 Å². The average Bonchev–Trinajstić information content (AvgIpc) is 2.65. The van der Waals surface area contributed by atoms with Crippen molar-refractivity contribution in [2.75, 3.05) is 10.0 Å². The lowest BCUT2D eigenvalue weighted by Crippen LogP contribution is -2.14. The van der Waals surface area contributed by atoms with Gasteiger partial charge in [0.05, 0.1) is 4.90 Å². The molecule has 0 aliphatic heterocycles. The van der Waals surface area contributed by atoms with Crippen LogP contribution < -0.4 is 10.0 Å². The highest BCUT2D eigenvalue weighted by molar-refractivity contribution is 7.92. The summed E-state index contributed by atoms with van der Waals surface area (Å²) in [6, 6.07) is 17.0. The number of nitrogens with one attached hydrogen (secondary N) is 2. The molecular weight excluding hydrogens is 391 g/mol. The second-order valence-electron chi connectivity index (χ2n) is 5.60. The molecule has 0 saturated carbocycles. The van der Waals surface area contributed by atoms with Crippen molar-refractivity contribution in [1.82, 2.24) is 0 Å². The molecule has 138 valence electrons. The van der Waals surface area contributed by atoms with Crippen LogP contribution in [0.4, 0.5) is 15.8 Å². The van der Waals surface area contributed by atoms with Gasteiger partial charge in [0.2, 0.25) is 0 Å². The van der Waals surface area contributed by atoms with E-state index in [2.05, 4.69) is 10.0 Å². The third-order valence-electron chi connectivity index (χ3n) is 3.63. The highest BCUT2D eigenvalue weighted by atomic mass is 35.5. The summed E-state index contributed by atoms with van der Waals surface area (Å²) in [6.45, 7) is 0. The van der Waals surface area contributed by atoms with E-state index >= 15 is 0 Å². The lowest BCUT2D eigenvalue weighted by atomic mass is 10.2. The van der Waals surface area contributed by atoms with Crippen molar-refractivity contribution >= 4 is 38.9 Å². The molecule has 0 spiro atoms. The maximum Gasteiger partial charge on any atom is 0.261 e. The molecule has 3 aromatic rings. The summed E-state index contributed by atoms with van der Waals surface area (Å²) in [6.07, 6.45) is 0. The van der Waals surface area contributed by atoms with Gasteiger partial charge in [0.15, 0.2) is 0 Å². The first kappa shape index (κ1) is 18.9. The Morgan fingerprint density at radius 3 is 1.96 bits per heavy atom. The van der Waals surface area contributed by atoms with Gasteiger partial charge in [-0.25, -0.2) is 12.8 Å². The SMILES string of the molecule is O=C(Nc1ccc(Cl)cc1)c1ccc(S(=O)(=O)Nc2ccc(F)cc2)cc1. The Morgan fingerprint density at radius 1 is 0.815 bits per heavy atom. The molecular formula is C19H14ClFN2O3S. The molecule has 0 unspecified atom stereocenters. The van der Waals surface area contributed by atoms with E-state index in [1.54, 1.807) is 24.3 Å². The number of rotatable bonds is 5. The minimum absolute atomic E-state index is 0.0186. The van der Waals surface area contributed by atoms with Crippen molar-refractivity contribution in [1.29, 1.82) is 0 Å². The van der Waals surface area contributed by atoms with Crippen LogP contribution >= 0.6 is 11.6 Å². The molecule has 2 N–H and O–H groups in total. The molecule has 0 aliphatic carbocycles. The van der Waals surface area contributed by atoms with E-state index in [1.165, 1.54) is 36.4 Å². The largest absolute Gasteiger partial charge is 0.322 e. The molecule has 8 heteroatoms. The Hall–Kier alpha value is -2.90. The van der Waals surface area contributed by atoms with Gasteiger partial charge in [0.25, 0.3) is 15.9 Å². The van der Waals surface area contributed by atoms with Crippen LogP contribution in [0, 0.1) is 5.82 Å². The van der Waals surface area contributed by atoms with E-state index in [0.29, 0.717) is 16.3 Å². The molecule has 27 heavy (non-hydrogen) atoms. The molecule has 0 aliphatic rings. The van der Waals surface area contributed by atoms with Crippen LogP contribution in [0.2, 0.25) is 5.02 Å². The molecule has 0 aromatic heterocycles. The van der Waals surface area contributed by atoms with Gasteiger partial charge in [-0.1, -0.05) is 11.6 Å². The Balaban J connectivity index is 1.72. The second-order valence-corrected chi connectivity index (χ2v) is 7.72. The van der Waals surface area contributed by atoms with E-state index in [0.717, 1.165) is 12.1 Å². The number of halogens is 2. The van der Waals surface area contributed by atoms with Gasteiger partial charge in [-0.15, -0.1) is 0 Å². The van der Waals surface area contributed by atoms with E-state index in [4.69, 9.17) is 11.6 Å². The summed E-state index contributed by atoms with van der Waals surface area (Å²) in [7, 11) is -3.85. The van der Waals surface area contributed by atoms with Crippen LogP contribution in [0.25, 0.3) is 0 Å². The fourth-order valence-electron chi connectivity index (χ4n) is 2.25. The third kappa shape index (κ3) is 4.84. The van der Waals surface area contributed by atoms with Gasteiger partial charge in [0, 0.05) is 22.0 Å². The van der Waals surface area contributed by atoms with Gasteiger partial charge in [-0.3, -0.25) is 9.52 Å². The summed E-state index contributed by atoms with van der Waals surface area (Å²) in [5.74, 6) is -0.846. The minimum Gasteiger partial charge on any atom is -0.322 e. The predicted octanol–water partition coefficient (Wildman–Crippen LogP) is 4.53. The van der Waals surface area contributed by atoms with Crippen LogP contribution in [0.1, 0.15) is 10.4 Å². The van der Waals surface area contributed by atoms with Crippen molar-refractivity contribution in [3.05, 3.63) is 89.2 Å². The van der Waals surface area contributed by atoms with E-state index in [9.17, 15) is 17.6 Å². The van der Waals surface area contributed by atoms with Gasteiger partial charge in [0.1, 0.15) is 5.82 Å². The zero-order valence-corrected chi connectivity index (χ0v) is 15.4. The van der Waals surface area contributed by atoms with Crippen molar-refractivity contribution in [2.24, 2.45) is 0 Å². The van der Waals surface area contributed by atoms with Crippen LogP contribution in [0.5, 0.6) is 0 Å². The lowest BCUT2D eigenvalue weighted by molar-refractivity contribution is 0.102. The average molecular weight is 405 g/mol. The first-order valence-corrected chi connectivity index (χ1v) is 9.65. The summed E-state index contributed by atoms with van der Waals surface area (Å²) < 4.78 is 40.0. The molecule has 5 nitrogen and oxygen atoms in total. The molecule has 3 rings (SSSR count). The molecule has 1 amide bonds. The third-order valence-corrected chi connectivity index (χ3v) is 5.27. The zero-order valence-electron chi connectivity index (χ0n) is 13.8. The summed E-state index contributed by atoms with van der Waals surface area (Å²) in [5, 5.41) is 3.24. The van der Waals surface area contributed by atoms with Crippen LogP contribution in [0.3, 0.4) is 0 Å². The number of carbonyl (C=O) groups is 1. The fourth-order valence-corrected chi connectivity index (χ4v) is 3.44. The van der Waals surface area contributed by atoms with E-state index < -0.39 is 15.8 Å². The highest BCUT2D eigenvalue weighted by Gasteiger charge is 2.15. The first-order chi connectivity index (χ1) is 12.8. The van der Waals surface area contributed by atoms with Crippen molar-refractivity contribution in [3.63, 3.8) is 0 Å². The standard InChI is InChI=1S/C19H14ClFN2O3S/c20-14-3-7-16(8-4-14)22-19(24)13-1-11-18(12-2-13)27(25,26)23-17-9-5-15(21)6-10-17/h1-12,23H,(H,22,24).